The Kier molecular flexibility index (Phi) is 2.76. The Morgan fingerprint density at radius 2 is 1.64 bits per heavy atom. The van der Waals surface area contributed by atoms with Crippen molar-refractivity contribution in [3.05, 3.63) is 22.7 Å². The minimum absolute atomic E-state index is 0.0422. The Balaban J connectivity index is 3.02. The van der Waals surface area contributed by atoms with E-state index in [2.05, 4.69) is 9.97 Å². The van der Waals surface area contributed by atoms with E-state index in [1.165, 1.54) is 6.07 Å². The maximum atomic E-state index is 8.65. The molecule has 0 aromatic carbocycles. The van der Waals surface area contributed by atoms with E-state index in [1.807, 2.05) is 0 Å². The summed E-state index contributed by atoms with van der Waals surface area (Å²) in [6.45, 7) is -0.398. The molecular weight excluding hydrogens is 168 g/mol. The van der Waals surface area contributed by atoms with Gasteiger partial charge < -0.3 is 10.2 Å². The van der Waals surface area contributed by atoms with Crippen LogP contribution in [0.25, 0.3) is 0 Å². The summed E-state index contributed by atoms with van der Waals surface area (Å²) in [6.07, 6.45) is 0. The number of aromatic nitrogens is 2. The molecule has 0 amide bonds. The highest BCUT2D eigenvalue weighted by Crippen LogP contribution is 2.05. The molecule has 1 aromatic rings. The molecule has 0 radical (unpaired) electrons. The molecule has 11 heavy (non-hydrogen) atoms. The number of hydrogen-bond acceptors (Lipinski definition) is 4. The van der Waals surface area contributed by atoms with E-state index in [-0.39, 0.29) is 18.5 Å². The highest BCUT2D eigenvalue weighted by molar-refractivity contribution is 6.28. The third kappa shape index (κ3) is 2.11. The first-order valence-electron chi connectivity index (χ1n) is 3.00. The zero-order chi connectivity index (χ0) is 8.27. The van der Waals surface area contributed by atoms with Gasteiger partial charge in [0.25, 0.3) is 0 Å². The summed E-state index contributed by atoms with van der Waals surface area (Å²) in [7, 11) is 0. The maximum Gasteiger partial charge on any atom is 0.222 e. The average molecular weight is 175 g/mol. The van der Waals surface area contributed by atoms with Gasteiger partial charge in [0.05, 0.1) is 24.6 Å². The average Bonchev–Trinajstić information content (AvgIpc) is 2.03. The summed E-state index contributed by atoms with van der Waals surface area (Å²) in [5.41, 5.74) is 0.822. The molecule has 0 aliphatic heterocycles. The largest absolute Gasteiger partial charge is 0.390 e. The Labute approximate surface area is 68.5 Å². The molecule has 1 heterocycles. The SMILES string of the molecule is OCc1cc(CO)nc(Cl)n1. The van der Waals surface area contributed by atoms with E-state index in [0.29, 0.717) is 11.4 Å². The fourth-order valence-corrected chi connectivity index (χ4v) is 0.898. The molecule has 0 spiro atoms. The summed E-state index contributed by atoms with van der Waals surface area (Å²) in [5, 5.41) is 17.3. The lowest BCUT2D eigenvalue weighted by molar-refractivity contribution is 0.268. The highest BCUT2D eigenvalue weighted by atomic mass is 35.5. The van der Waals surface area contributed by atoms with Crippen LogP contribution in [0.3, 0.4) is 0 Å². The van der Waals surface area contributed by atoms with E-state index in [1.54, 1.807) is 0 Å². The first kappa shape index (κ1) is 8.39. The number of aliphatic hydroxyl groups excluding tert-OH is 2. The van der Waals surface area contributed by atoms with Crippen molar-refractivity contribution < 1.29 is 10.2 Å². The number of hydrogen-bond donors (Lipinski definition) is 2. The van der Waals surface area contributed by atoms with Gasteiger partial charge in [-0.1, -0.05) is 0 Å². The molecule has 1 aromatic heterocycles. The lowest BCUT2D eigenvalue weighted by atomic mass is 10.3. The third-order valence-corrected chi connectivity index (χ3v) is 1.30. The molecular formula is C6H7ClN2O2. The van der Waals surface area contributed by atoms with Gasteiger partial charge in [-0.3, -0.25) is 0 Å². The molecule has 0 bridgehead atoms. The van der Waals surface area contributed by atoms with E-state index in [4.69, 9.17) is 21.8 Å². The van der Waals surface area contributed by atoms with Crippen LogP contribution in [0, 0.1) is 0 Å². The van der Waals surface area contributed by atoms with E-state index >= 15 is 0 Å². The molecule has 2 N–H and O–H groups in total. The standard InChI is InChI=1S/C6H7ClN2O2/c7-6-8-4(2-10)1-5(3-11)9-6/h1,10-11H,2-3H2. The van der Waals surface area contributed by atoms with Crippen molar-refractivity contribution in [1.29, 1.82) is 0 Å². The summed E-state index contributed by atoms with van der Waals surface area (Å²) in [5.74, 6) is 0. The van der Waals surface area contributed by atoms with Gasteiger partial charge in [0, 0.05) is 0 Å². The van der Waals surface area contributed by atoms with Crippen molar-refractivity contribution in [3.63, 3.8) is 0 Å². The molecule has 0 unspecified atom stereocenters. The van der Waals surface area contributed by atoms with E-state index in [9.17, 15) is 0 Å². The monoisotopic (exact) mass is 174 g/mol. The summed E-state index contributed by atoms with van der Waals surface area (Å²) >= 11 is 5.46. The Morgan fingerprint density at radius 1 is 1.18 bits per heavy atom. The molecule has 0 aliphatic carbocycles. The topological polar surface area (TPSA) is 66.2 Å². The van der Waals surface area contributed by atoms with Crippen molar-refractivity contribution in [2.24, 2.45) is 0 Å². The van der Waals surface area contributed by atoms with Crippen LogP contribution in [-0.4, -0.2) is 20.2 Å². The smallest absolute Gasteiger partial charge is 0.222 e. The van der Waals surface area contributed by atoms with Crippen molar-refractivity contribution in [2.75, 3.05) is 0 Å². The van der Waals surface area contributed by atoms with Crippen LogP contribution < -0.4 is 0 Å². The number of nitrogens with zero attached hydrogens (tertiary/aromatic N) is 2. The molecule has 0 aliphatic rings. The predicted octanol–water partition coefficient (Wildman–Crippen LogP) is 0.115. The fourth-order valence-electron chi connectivity index (χ4n) is 0.681. The first-order chi connectivity index (χ1) is 5.26. The van der Waals surface area contributed by atoms with E-state index in [0.717, 1.165) is 0 Å². The summed E-state index contributed by atoms with van der Waals surface area (Å²) in [4.78, 5) is 7.39. The molecule has 1 rings (SSSR count). The lowest BCUT2D eigenvalue weighted by Gasteiger charge is -1.98. The first-order valence-corrected chi connectivity index (χ1v) is 3.38. The Bertz CT molecular complexity index is 232. The molecule has 5 heteroatoms. The van der Waals surface area contributed by atoms with Crippen LogP contribution >= 0.6 is 11.6 Å². The Morgan fingerprint density at radius 3 is 2.00 bits per heavy atom. The van der Waals surface area contributed by atoms with Gasteiger partial charge in [-0.2, -0.15) is 0 Å². The number of rotatable bonds is 2. The predicted molar refractivity (Wildman–Crippen MR) is 38.9 cm³/mol. The van der Waals surface area contributed by atoms with Gasteiger partial charge in [0.15, 0.2) is 0 Å². The van der Waals surface area contributed by atoms with Crippen LogP contribution in [-0.2, 0) is 13.2 Å². The van der Waals surface area contributed by atoms with Gasteiger partial charge in [-0.15, -0.1) is 0 Å². The van der Waals surface area contributed by atoms with Crippen molar-refractivity contribution in [1.82, 2.24) is 9.97 Å². The van der Waals surface area contributed by atoms with E-state index < -0.39 is 0 Å². The highest BCUT2D eigenvalue weighted by Gasteiger charge is 1.99. The van der Waals surface area contributed by atoms with Gasteiger partial charge in [0.1, 0.15) is 0 Å². The summed E-state index contributed by atoms with van der Waals surface area (Å²) < 4.78 is 0. The second-order valence-electron chi connectivity index (χ2n) is 1.94. The number of aliphatic hydroxyl groups is 2. The molecule has 60 valence electrons. The van der Waals surface area contributed by atoms with Crippen molar-refractivity contribution >= 4 is 11.6 Å². The minimum atomic E-state index is -0.199. The Hall–Kier alpha value is -0.710. The van der Waals surface area contributed by atoms with Crippen LogP contribution in [0.4, 0.5) is 0 Å². The van der Waals surface area contributed by atoms with Gasteiger partial charge in [-0.25, -0.2) is 9.97 Å². The number of halogens is 1. The quantitative estimate of drug-likeness (QED) is 0.625. The normalized spacial score (nSPS) is 10.1. The van der Waals surface area contributed by atoms with Crippen molar-refractivity contribution in [3.8, 4) is 0 Å². The zero-order valence-corrected chi connectivity index (χ0v) is 6.41. The van der Waals surface area contributed by atoms with Crippen LogP contribution in [0.15, 0.2) is 6.07 Å². The summed E-state index contributed by atoms with van der Waals surface area (Å²) in [6, 6.07) is 1.49. The molecule has 0 fully saturated rings. The molecule has 0 saturated heterocycles. The van der Waals surface area contributed by atoms with Crippen LogP contribution in [0.5, 0.6) is 0 Å². The minimum Gasteiger partial charge on any atom is -0.390 e. The van der Waals surface area contributed by atoms with Crippen molar-refractivity contribution in [2.45, 2.75) is 13.2 Å². The van der Waals surface area contributed by atoms with Gasteiger partial charge >= 0.3 is 0 Å². The van der Waals surface area contributed by atoms with Gasteiger partial charge in [0.2, 0.25) is 5.28 Å². The third-order valence-electron chi connectivity index (χ3n) is 1.13. The molecule has 4 nitrogen and oxygen atoms in total. The second-order valence-corrected chi connectivity index (χ2v) is 2.27. The zero-order valence-electron chi connectivity index (χ0n) is 5.66. The lowest BCUT2D eigenvalue weighted by Crippen LogP contribution is -1.97. The van der Waals surface area contributed by atoms with Crippen LogP contribution in [0.2, 0.25) is 5.28 Å². The fraction of sp³-hybridized carbons (Fsp3) is 0.333. The maximum absolute atomic E-state index is 8.65. The van der Waals surface area contributed by atoms with Gasteiger partial charge in [-0.05, 0) is 17.7 Å². The van der Waals surface area contributed by atoms with Crippen LogP contribution in [0.1, 0.15) is 11.4 Å². The second kappa shape index (κ2) is 3.61. The molecule has 0 atom stereocenters. The molecule has 0 saturated carbocycles.